The molecule has 0 heterocycles. The second-order valence-corrected chi connectivity index (χ2v) is 5.75. The minimum Gasteiger partial charge on any atom is -0.396 e. The van der Waals surface area contributed by atoms with E-state index in [0.29, 0.717) is 0 Å². The Bertz CT molecular complexity index is 474. The number of hydrogen-bond donors (Lipinski definition) is 3. The third-order valence-electron chi connectivity index (χ3n) is 4.09. The topological polar surface area (TPSA) is 61.4 Å². The maximum atomic E-state index is 12.1. The number of carbonyl (C=O) groups excluding carboxylic acids is 1. The van der Waals surface area contributed by atoms with Crippen LogP contribution in [-0.4, -0.2) is 23.8 Å². The zero-order valence-corrected chi connectivity index (χ0v) is 12.3. The van der Waals surface area contributed by atoms with Gasteiger partial charge >= 0.3 is 6.03 Å². The van der Waals surface area contributed by atoms with Crippen LogP contribution < -0.4 is 10.6 Å². The zero-order chi connectivity index (χ0) is 14.5. The first-order chi connectivity index (χ1) is 9.60. The van der Waals surface area contributed by atoms with Gasteiger partial charge in [0.1, 0.15) is 0 Å². The van der Waals surface area contributed by atoms with E-state index >= 15 is 0 Å². The number of amides is 2. The van der Waals surface area contributed by atoms with Crippen LogP contribution in [0.25, 0.3) is 0 Å². The third kappa shape index (κ3) is 3.73. The maximum absolute atomic E-state index is 12.1. The Kier molecular flexibility index (Phi) is 5.01. The predicted octanol–water partition coefficient (Wildman–Crippen LogP) is 2.98. The summed E-state index contributed by atoms with van der Waals surface area (Å²) in [5.74, 6) is 0.189. The molecule has 0 aromatic heterocycles. The molecule has 1 fully saturated rings. The first-order valence-electron chi connectivity index (χ1n) is 7.36. The molecule has 0 bridgehead atoms. The summed E-state index contributed by atoms with van der Waals surface area (Å²) in [4.78, 5) is 12.1. The Morgan fingerprint density at radius 1 is 1.30 bits per heavy atom. The molecule has 2 atom stereocenters. The van der Waals surface area contributed by atoms with Crippen LogP contribution in [0.2, 0.25) is 0 Å². The number of urea groups is 1. The average Bonchev–Trinajstić information content (AvgIpc) is 2.42. The molecule has 3 N–H and O–H groups in total. The number of aliphatic hydroxyl groups excluding tert-OH is 1. The number of hydrogen-bond acceptors (Lipinski definition) is 2. The van der Waals surface area contributed by atoms with Gasteiger partial charge in [0.25, 0.3) is 0 Å². The van der Waals surface area contributed by atoms with Gasteiger partial charge in [0.05, 0.1) is 0 Å². The van der Waals surface area contributed by atoms with E-state index < -0.39 is 0 Å². The zero-order valence-electron chi connectivity index (χ0n) is 12.3. The lowest BCUT2D eigenvalue weighted by molar-refractivity contribution is 0.156. The summed E-state index contributed by atoms with van der Waals surface area (Å²) in [6, 6.07) is 5.86. The number of benzene rings is 1. The van der Waals surface area contributed by atoms with Gasteiger partial charge in [-0.2, -0.15) is 0 Å². The van der Waals surface area contributed by atoms with Crippen molar-refractivity contribution in [1.29, 1.82) is 0 Å². The minimum absolute atomic E-state index is 0.0829. The molecule has 2 unspecified atom stereocenters. The van der Waals surface area contributed by atoms with Crippen molar-refractivity contribution >= 4 is 11.7 Å². The summed E-state index contributed by atoms with van der Waals surface area (Å²) in [6.07, 6.45) is 4.20. The van der Waals surface area contributed by atoms with Crippen LogP contribution in [0, 0.1) is 19.8 Å². The van der Waals surface area contributed by atoms with Crippen LogP contribution in [0.5, 0.6) is 0 Å². The van der Waals surface area contributed by atoms with Crippen LogP contribution in [0.15, 0.2) is 18.2 Å². The number of anilines is 1. The largest absolute Gasteiger partial charge is 0.396 e. The fourth-order valence-corrected chi connectivity index (χ4v) is 2.90. The molecule has 1 aliphatic carbocycles. The van der Waals surface area contributed by atoms with Crippen LogP contribution in [0.4, 0.5) is 10.5 Å². The van der Waals surface area contributed by atoms with E-state index in [-0.39, 0.29) is 24.6 Å². The number of aliphatic hydroxyl groups is 1. The van der Waals surface area contributed by atoms with Crippen molar-refractivity contribution in [2.45, 2.75) is 45.6 Å². The lowest BCUT2D eigenvalue weighted by Gasteiger charge is -2.30. The second-order valence-electron chi connectivity index (χ2n) is 5.75. The van der Waals surface area contributed by atoms with Crippen molar-refractivity contribution in [3.8, 4) is 0 Å². The number of nitrogens with one attached hydrogen (secondary N) is 2. The van der Waals surface area contributed by atoms with Crippen LogP contribution >= 0.6 is 0 Å². The summed E-state index contributed by atoms with van der Waals surface area (Å²) in [7, 11) is 0. The van der Waals surface area contributed by atoms with Gasteiger partial charge in [0, 0.05) is 24.3 Å². The van der Waals surface area contributed by atoms with E-state index in [0.717, 1.165) is 36.9 Å². The van der Waals surface area contributed by atoms with E-state index in [1.165, 1.54) is 5.56 Å². The fourth-order valence-electron chi connectivity index (χ4n) is 2.90. The van der Waals surface area contributed by atoms with Crippen molar-refractivity contribution in [3.63, 3.8) is 0 Å². The highest BCUT2D eigenvalue weighted by atomic mass is 16.3. The Hall–Kier alpha value is -1.55. The van der Waals surface area contributed by atoms with E-state index in [4.69, 9.17) is 0 Å². The molecule has 0 radical (unpaired) electrons. The minimum atomic E-state index is -0.178. The molecule has 0 aliphatic heterocycles. The Balaban J connectivity index is 1.94. The molecule has 20 heavy (non-hydrogen) atoms. The number of rotatable bonds is 3. The molecule has 1 saturated carbocycles. The third-order valence-corrected chi connectivity index (χ3v) is 4.09. The quantitative estimate of drug-likeness (QED) is 0.795. The SMILES string of the molecule is Cc1ccc(NC(=O)NC2CCCCC2CO)c(C)c1. The van der Waals surface area contributed by atoms with Gasteiger partial charge in [0.15, 0.2) is 0 Å². The van der Waals surface area contributed by atoms with Gasteiger partial charge in [-0.15, -0.1) is 0 Å². The molecule has 1 aromatic carbocycles. The van der Waals surface area contributed by atoms with Crippen molar-refractivity contribution < 1.29 is 9.90 Å². The molecule has 2 amide bonds. The van der Waals surface area contributed by atoms with Crippen LogP contribution in [0.1, 0.15) is 36.8 Å². The van der Waals surface area contributed by atoms with E-state index in [1.54, 1.807) is 0 Å². The molecule has 1 aliphatic rings. The van der Waals surface area contributed by atoms with Gasteiger partial charge in [-0.25, -0.2) is 4.79 Å². The normalized spacial score (nSPS) is 22.4. The molecule has 4 heteroatoms. The van der Waals surface area contributed by atoms with E-state index in [1.807, 2.05) is 32.0 Å². The Morgan fingerprint density at radius 3 is 2.75 bits per heavy atom. The van der Waals surface area contributed by atoms with E-state index in [9.17, 15) is 9.90 Å². The standard InChI is InChI=1S/C16H24N2O2/c1-11-7-8-14(12(2)9-11)17-16(20)18-15-6-4-3-5-13(15)10-19/h7-9,13,15,19H,3-6,10H2,1-2H3,(H2,17,18,20). The highest BCUT2D eigenvalue weighted by Gasteiger charge is 2.25. The maximum Gasteiger partial charge on any atom is 0.319 e. The molecule has 2 rings (SSSR count). The molecule has 110 valence electrons. The Morgan fingerprint density at radius 2 is 2.05 bits per heavy atom. The van der Waals surface area contributed by atoms with Crippen LogP contribution in [-0.2, 0) is 0 Å². The molecular weight excluding hydrogens is 252 g/mol. The van der Waals surface area contributed by atoms with E-state index in [2.05, 4.69) is 10.6 Å². The summed E-state index contributed by atoms with van der Waals surface area (Å²) in [5, 5.41) is 15.3. The average molecular weight is 276 g/mol. The fraction of sp³-hybridized carbons (Fsp3) is 0.562. The van der Waals surface area contributed by atoms with Crippen LogP contribution in [0.3, 0.4) is 0 Å². The number of carbonyl (C=O) groups is 1. The van der Waals surface area contributed by atoms with Crippen molar-refractivity contribution in [1.82, 2.24) is 5.32 Å². The monoisotopic (exact) mass is 276 g/mol. The highest BCUT2D eigenvalue weighted by molar-refractivity contribution is 5.90. The van der Waals surface area contributed by atoms with Gasteiger partial charge in [-0.05, 0) is 38.3 Å². The predicted molar refractivity (Wildman–Crippen MR) is 80.9 cm³/mol. The summed E-state index contributed by atoms with van der Waals surface area (Å²) < 4.78 is 0. The van der Waals surface area contributed by atoms with Crippen molar-refractivity contribution in [3.05, 3.63) is 29.3 Å². The summed E-state index contributed by atoms with van der Waals surface area (Å²) in [5.41, 5.74) is 3.08. The molecule has 4 nitrogen and oxygen atoms in total. The Labute approximate surface area is 120 Å². The summed E-state index contributed by atoms with van der Waals surface area (Å²) in [6.45, 7) is 4.17. The van der Waals surface area contributed by atoms with Crippen molar-refractivity contribution in [2.75, 3.05) is 11.9 Å². The first kappa shape index (κ1) is 14.9. The van der Waals surface area contributed by atoms with Gasteiger partial charge in [-0.1, -0.05) is 30.5 Å². The van der Waals surface area contributed by atoms with Crippen molar-refractivity contribution in [2.24, 2.45) is 5.92 Å². The van der Waals surface area contributed by atoms with Gasteiger partial charge < -0.3 is 15.7 Å². The molecular formula is C16H24N2O2. The first-order valence-corrected chi connectivity index (χ1v) is 7.36. The van der Waals surface area contributed by atoms with Gasteiger partial charge in [-0.3, -0.25) is 0 Å². The smallest absolute Gasteiger partial charge is 0.319 e. The number of aryl methyl sites for hydroxylation is 2. The lowest BCUT2D eigenvalue weighted by Crippen LogP contribution is -2.45. The van der Waals surface area contributed by atoms with Gasteiger partial charge in [0.2, 0.25) is 0 Å². The highest BCUT2D eigenvalue weighted by Crippen LogP contribution is 2.24. The second kappa shape index (κ2) is 6.75. The molecule has 0 spiro atoms. The lowest BCUT2D eigenvalue weighted by atomic mass is 9.85. The molecule has 0 saturated heterocycles. The molecule has 1 aromatic rings. The summed E-state index contributed by atoms with van der Waals surface area (Å²) >= 11 is 0.